The Labute approximate surface area is 123 Å². The molecule has 0 bridgehead atoms. The highest BCUT2D eigenvalue weighted by atomic mass is 35.5. The molecule has 1 aromatic rings. The van der Waals surface area contributed by atoms with Crippen LogP contribution >= 0.6 is 11.6 Å². The number of nitrogens with one attached hydrogen (secondary N) is 1. The van der Waals surface area contributed by atoms with Crippen LogP contribution in [0.3, 0.4) is 0 Å². The van der Waals surface area contributed by atoms with Gasteiger partial charge in [0.25, 0.3) is 5.91 Å². The molecular formula is C14H18ClNO4. The summed E-state index contributed by atoms with van der Waals surface area (Å²) in [6, 6.07) is 5.96. The zero-order chi connectivity index (χ0) is 15.1. The van der Waals surface area contributed by atoms with E-state index in [1.165, 1.54) is 0 Å². The van der Waals surface area contributed by atoms with Crippen LogP contribution in [0.4, 0.5) is 0 Å². The average Bonchev–Trinajstić information content (AvgIpc) is 2.41. The lowest BCUT2D eigenvalue weighted by molar-refractivity contribution is -0.147. The van der Waals surface area contributed by atoms with Gasteiger partial charge in [-0.15, -0.1) is 0 Å². The second-order valence-corrected chi connectivity index (χ2v) is 4.63. The van der Waals surface area contributed by atoms with Gasteiger partial charge in [-0.1, -0.05) is 11.6 Å². The van der Waals surface area contributed by atoms with Crippen molar-refractivity contribution in [1.29, 1.82) is 0 Å². The molecule has 6 heteroatoms. The van der Waals surface area contributed by atoms with Crippen molar-refractivity contribution in [3.63, 3.8) is 0 Å². The summed E-state index contributed by atoms with van der Waals surface area (Å²) in [4.78, 5) is 23.3. The molecule has 1 rings (SSSR count). The fourth-order valence-electron chi connectivity index (χ4n) is 1.43. The summed E-state index contributed by atoms with van der Waals surface area (Å²) < 4.78 is 10.3. The molecule has 0 saturated heterocycles. The van der Waals surface area contributed by atoms with Crippen LogP contribution in [0.15, 0.2) is 24.3 Å². The van der Waals surface area contributed by atoms with E-state index >= 15 is 0 Å². The number of rotatable bonds is 6. The van der Waals surface area contributed by atoms with Gasteiger partial charge in [-0.25, -0.2) is 4.79 Å². The van der Waals surface area contributed by atoms with Gasteiger partial charge in [0.15, 0.2) is 6.10 Å². The maximum absolute atomic E-state index is 11.9. The maximum atomic E-state index is 11.9. The number of benzene rings is 1. The Morgan fingerprint density at radius 1 is 1.25 bits per heavy atom. The van der Waals surface area contributed by atoms with Crippen molar-refractivity contribution in [3.05, 3.63) is 29.3 Å². The van der Waals surface area contributed by atoms with Gasteiger partial charge in [-0.2, -0.15) is 0 Å². The third-order valence-corrected chi connectivity index (χ3v) is 2.75. The molecule has 0 aromatic heterocycles. The molecule has 0 heterocycles. The molecule has 0 saturated carbocycles. The molecule has 0 fully saturated rings. The molecule has 0 aliphatic heterocycles. The highest BCUT2D eigenvalue weighted by molar-refractivity contribution is 6.30. The molecule has 0 aliphatic carbocycles. The van der Waals surface area contributed by atoms with Crippen molar-refractivity contribution in [2.24, 2.45) is 0 Å². The standard InChI is InChI=1S/C14H18ClNO4/c1-4-19-14(18)9(2)16-13(17)10(3)20-12-7-5-11(15)6-8-12/h5-10H,4H2,1-3H3,(H,16,17). The minimum atomic E-state index is -0.729. The fourth-order valence-corrected chi connectivity index (χ4v) is 1.55. The van der Waals surface area contributed by atoms with Gasteiger partial charge in [0.05, 0.1) is 6.61 Å². The quantitative estimate of drug-likeness (QED) is 0.818. The van der Waals surface area contributed by atoms with Gasteiger partial charge < -0.3 is 14.8 Å². The molecule has 0 spiro atoms. The number of carbonyl (C=O) groups is 2. The van der Waals surface area contributed by atoms with Gasteiger partial charge in [-0.05, 0) is 45.0 Å². The van der Waals surface area contributed by atoms with Crippen molar-refractivity contribution < 1.29 is 19.1 Å². The van der Waals surface area contributed by atoms with E-state index in [0.29, 0.717) is 10.8 Å². The van der Waals surface area contributed by atoms with Crippen molar-refractivity contribution in [3.8, 4) is 5.75 Å². The first-order chi connectivity index (χ1) is 9.43. The van der Waals surface area contributed by atoms with E-state index in [0.717, 1.165) is 0 Å². The number of ether oxygens (including phenoxy) is 2. The van der Waals surface area contributed by atoms with Crippen LogP contribution in [-0.4, -0.2) is 30.6 Å². The van der Waals surface area contributed by atoms with E-state index in [1.807, 2.05) is 0 Å². The van der Waals surface area contributed by atoms with Gasteiger partial charge in [0.1, 0.15) is 11.8 Å². The first-order valence-corrected chi connectivity index (χ1v) is 6.71. The smallest absolute Gasteiger partial charge is 0.328 e. The Morgan fingerprint density at radius 3 is 2.40 bits per heavy atom. The van der Waals surface area contributed by atoms with E-state index in [4.69, 9.17) is 21.1 Å². The number of hydrogen-bond acceptors (Lipinski definition) is 4. The van der Waals surface area contributed by atoms with E-state index in [1.54, 1.807) is 45.0 Å². The normalized spacial score (nSPS) is 13.2. The molecule has 1 amide bonds. The summed E-state index contributed by atoms with van der Waals surface area (Å²) in [7, 11) is 0. The van der Waals surface area contributed by atoms with E-state index in [-0.39, 0.29) is 12.5 Å². The lowest BCUT2D eigenvalue weighted by atomic mass is 10.3. The second kappa shape index (κ2) is 7.75. The minimum Gasteiger partial charge on any atom is -0.481 e. The van der Waals surface area contributed by atoms with Crippen LogP contribution in [0.25, 0.3) is 0 Å². The summed E-state index contributed by atoms with van der Waals surface area (Å²) in [6.07, 6.45) is -0.729. The lowest BCUT2D eigenvalue weighted by Gasteiger charge is -2.17. The Hall–Kier alpha value is -1.75. The van der Waals surface area contributed by atoms with Crippen LogP contribution in [0.2, 0.25) is 5.02 Å². The Kier molecular flexibility index (Phi) is 6.31. The summed E-state index contributed by atoms with van der Waals surface area (Å²) in [5.74, 6) is -0.333. The third-order valence-electron chi connectivity index (χ3n) is 2.49. The zero-order valence-corrected chi connectivity index (χ0v) is 12.4. The predicted molar refractivity (Wildman–Crippen MR) is 75.8 cm³/mol. The molecular weight excluding hydrogens is 282 g/mol. The van der Waals surface area contributed by atoms with Gasteiger partial charge in [0, 0.05) is 5.02 Å². The lowest BCUT2D eigenvalue weighted by Crippen LogP contribution is -2.45. The Balaban J connectivity index is 2.50. The first kappa shape index (κ1) is 16.3. The third kappa shape index (κ3) is 5.09. The minimum absolute atomic E-state index is 0.274. The number of amides is 1. The van der Waals surface area contributed by atoms with Crippen LogP contribution in [0.1, 0.15) is 20.8 Å². The van der Waals surface area contributed by atoms with E-state index < -0.39 is 18.1 Å². The largest absolute Gasteiger partial charge is 0.481 e. The van der Waals surface area contributed by atoms with Crippen molar-refractivity contribution >= 4 is 23.5 Å². The zero-order valence-electron chi connectivity index (χ0n) is 11.7. The van der Waals surface area contributed by atoms with Gasteiger partial charge in [-0.3, -0.25) is 4.79 Å². The van der Waals surface area contributed by atoms with Crippen LogP contribution in [0, 0.1) is 0 Å². The molecule has 0 aliphatic rings. The number of carbonyl (C=O) groups excluding carboxylic acids is 2. The average molecular weight is 300 g/mol. The van der Waals surface area contributed by atoms with Crippen molar-refractivity contribution in [1.82, 2.24) is 5.32 Å². The Morgan fingerprint density at radius 2 is 1.85 bits per heavy atom. The predicted octanol–water partition coefficient (Wildman–Crippen LogP) is 2.18. The van der Waals surface area contributed by atoms with Crippen LogP contribution in [0.5, 0.6) is 5.75 Å². The fraction of sp³-hybridized carbons (Fsp3) is 0.429. The second-order valence-electron chi connectivity index (χ2n) is 4.20. The molecule has 110 valence electrons. The van der Waals surface area contributed by atoms with Crippen LogP contribution < -0.4 is 10.1 Å². The Bertz CT molecular complexity index is 461. The topological polar surface area (TPSA) is 64.6 Å². The number of halogens is 1. The van der Waals surface area contributed by atoms with Crippen molar-refractivity contribution in [2.75, 3.05) is 6.61 Å². The first-order valence-electron chi connectivity index (χ1n) is 6.33. The highest BCUT2D eigenvalue weighted by Gasteiger charge is 2.21. The summed E-state index contributed by atoms with van der Waals surface area (Å²) in [6.45, 7) is 5.14. The number of esters is 1. The maximum Gasteiger partial charge on any atom is 0.328 e. The van der Waals surface area contributed by atoms with E-state index in [2.05, 4.69) is 5.32 Å². The van der Waals surface area contributed by atoms with Gasteiger partial charge in [0.2, 0.25) is 0 Å². The van der Waals surface area contributed by atoms with Crippen LogP contribution in [-0.2, 0) is 14.3 Å². The molecule has 1 aromatic carbocycles. The molecule has 2 unspecified atom stereocenters. The van der Waals surface area contributed by atoms with E-state index in [9.17, 15) is 9.59 Å². The highest BCUT2D eigenvalue weighted by Crippen LogP contribution is 2.16. The molecule has 1 N–H and O–H groups in total. The summed E-state index contributed by atoms with van der Waals surface area (Å²) in [5.41, 5.74) is 0. The monoisotopic (exact) mass is 299 g/mol. The SMILES string of the molecule is CCOC(=O)C(C)NC(=O)C(C)Oc1ccc(Cl)cc1. The molecule has 0 radical (unpaired) electrons. The van der Waals surface area contributed by atoms with Crippen molar-refractivity contribution in [2.45, 2.75) is 32.9 Å². The number of hydrogen-bond donors (Lipinski definition) is 1. The molecule has 5 nitrogen and oxygen atoms in total. The summed E-state index contributed by atoms with van der Waals surface area (Å²) in [5, 5.41) is 3.12. The van der Waals surface area contributed by atoms with Gasteiger partial charge >= 0.3 is 5.97 Å². The molecule has 20 heavy (non-hydrogen) atoms. The molecule has 2 atom stereocenters. The summed E-state index contributed by atoms with van der Waals surface area (Å²) >= 11 is 5.76.